The van der Waals surface area contributed by atoms with E-state index in [4.69, 9.17) is 14.5 Å². The van der Waals surface area contributed by atoms with E-state index >= 15 is 0 Å². The molecular weight excluding hydrogens is 352 g/mol. The van der Waals surface area contributed by atoms with E-state index in [9.17, 15) is 4.79 Å². The first-order valence-electron chi connectivity index (χ1n) is 9.49. The molecule has 1 fully saturated rings. The highest BCUT2D eigenvalue weighted by Gasteiger charge is 2.24. The fourth-order valence-corrected chi connectivity index (χ4v) is 3.73. The average molecular weight is 372 g/mol. The number of fused-ring (bicyclic) bond motifs is 2. The Morgan fingerprint density at radius 2 is 1.79 bits per heavy atom. The zero-order valence-electron chi connectivity index (χ0n) is 15.4. The number of benzene rings is 2. The zero-order chi connectivity index (χ0) is 18.9. The van der Waals surface area contributed by atoms with Gasteiger partial charge in [-0.05, 0) is 30.3 Å². The van der Waals surface area contributed by atoms with Crippen LogP contribution in [0, 0.1) is 0 Å². The van der Waals surface area contributed by atoms with Gasteiger partial charge in [-0.25, -0.2) is 4.98 Å². The first-order chi connectivity index (χ1) is 13.8. The van der Waals surface area contributed by atoms with E-state index in [1.54, 1.807) is 0 Å². The van der Waals surface area contributed by atoms with Crippen LogP contribution in [0.1, 0.15) is 15.9 Å². The quantitative estimate of drug-likeness (QED) is 0.642. The molecule has 0 atom stereocenters. The predicted molar refractivity (Wildman–Crippen MR) is 109 cm³/mol. The first-order valence-corrected chi connectivity index (χ1v) is 9.49. The van der Waals surface area contributed by atoms with Crippen molar-refractivity contribution >= 4 is 28.6 Å². The van der Waals surface area contributed by atoms with Gasteiger partial charge in [0, 0.05) is 29.6 Å². The molecule has 0 N–H and O–H groups in total. The van der Waals surface area contributed by atoms with E-state index in [2.05, 4.69) is 11.0 Å². The standard InChI is InChI=1S/C23H20N2O3/c26-22-18(15-28-21-8-4-2-6-19(21)22)14-17-13-16-5-1-3-7-20(16)24-23(17)25-9-11-27-12-10-25/h1-8,13-14H,9-12,15H2/b18-14+. The highest BCUT2D eigenvalue weighted by atomic mass is 16.5. The molecule has 2 aliphatic rings. The van der Waals surface area contributed by atoms with Crippen LogP contribution in [-0.4, -0.2) is 43.7 Å². The van der Waals surface area contributed by atoms with Crippen molar-refractivity contribution in [3.63, 3.8) is 0 Å². The number of para-hydroxylation sites is 2. The van der Waals surface area contributed by atoms with E-state index in [0.717, 1.165) is 35.4 Å². The minimum absolute atomic E-state index is 0.0166. The molecule has 2 aliphatic heterocycles. The minimum Gasteiger partial charge on any atom is -0.488 e. The number of pyridine rings is 1. The van der Waals surface area contributed by atoms with Crippen molar-refractivity contribution in [2.75, 3.05) is 37.8 Å². The SMILES string of the molecule is O=C1/C(=C/c2cc3ccccc3nc2N2CCOCC2)COc2ccccc21. The van der Waals surface area contributed by atoms with Crippen molar-refractivity contribution in [3.8, 4) is 5.75 Å². The largest absolute Gasteiger partial charge is 0.488 e. The number of carbonyl (C=O) groups is 1. The fourth-order valence-electron chi connectivity index (χ4n) is 3.73. The molecule has 0 unspecified atom stereocenters. The lowest BCUT2D eigenvalue weighted by Crippen LogP contribution is -2.37. The monoisotopic (exact) mass is 372 g/mol. The summed E-state index contributed by atoms with van der Waals surface area (Å²) >= 11 is 0. The Morgan fingerprint density at radius 1 is 1.00 bits per heavy atom. The average Bonchev–Trinajstić information content (AvgIpc) is 2.76. The lowest BCUT2D eigenvalue weighted by molar-refractivity contribution is 0.100. The molecule has 28 heavy (non-hydrogen) atoms. The van der Waals surface area contributed by atoms with Gasteiger partial charge in [-0.2, -0.15) is 0 Å². The smallest absolute Gasteiger partial charge is 0.196 e. The number of hydrogen-bond acceptors (Lipinski definition) is 5. The number of Topliss-reactive ketones (excluding diaryl/α,β-unsaturated/α-hetero) is 1. The Morgan fingerprint density at radius 3 is 2.68 bits per heavy atom. The normalized spacial score (nSPS) is 18.2. The summed E-state index contributed by atoms with van der Waals surface area (Å²) in [5, 5.41) is 1.05. The molecule has 5 rings (SSSR count). The second-order valence-electron chi connectivity index (χ2n) is 6.98. The Kier molecular flexibility index (Phi) is 4.29. The molecule has 0 amide bonds. The number of ether oxygens (including phenoxy) is 2. The topological polar surface area (TPSA) is 51.7 Å². The first kappa shape index (κ1) is 17.0. The summed E-state index contributed by atoms with van der Waals surface area (Å²) in [6, 6.07) is 17.5. The van der Waals surface area contributed by atoms with Gasteiger partial charge in [-0.1, -0.05) is 30.3 Å². The number of anilines is 1. The van der Waals surface area contributed by atoms with Gasteiger partial charge in [0.15, 0.2) is 5.78 Å². The van der Waals surface area contributed by atoms with Crippen LogP contribution in [0.15, 0.2) is 60.2 Å². The van der Waals surface area contributed by atoms with Crippen LogP contribution in [0.4, 0.5) is 5.82 Å². The Balaban J connectivity index is 1.61. The second kappa shape index (κ2) is 7.09. The lowest BCUT2D eigenvalue weighted by atomic mass is 9.98. The molecule has 3 heterocycles. The zero-order valence-corrected chi connectivity index (χ0v) is 15.4. The van der Waals surface area contributed by atoms with Gasteiger partial charge in [0.1, 0.15) is 18.2 Å². The number of nitrogens with zero attached hydrogens (tertiary/aromatic N) is 2. The van der Waals surface area contributed by atoms with Crippen molar-refractivity contribution in [2.24, 2.45) is 0 Å². The fraction of sp³-hybridized carbons (Fsp3) is 0.217. The molecule has 3 aromatic rings. The van der Waals surface area contributed by atoms with Crippen LogP contribution in [-0.2, 0) is 4.74 Å². The third-order valence-corrected chi connectivity index (χ3v) is 5.18. The van der Waals surface area contributed by atoms with Gasteiger partial charge in [0.05, 0.1) is 24.3 Å². The van der Waals surface area contributed by atoms with E-state index in [1.165, 1.54) is 0 Å². The molecule has 0 bridgehead atoms. The number of rotatable bonds is 2. The molecule has 5 nitrogen and oxygen atoms in total. The summed E-state index contributed by atoms with van der Waals surface area (Å²) < 4.78 is 11.3. The van der Waals surface area contributed by atoms with Gasteiger partial charge >= 0.3 is 0 Å². The van der Waals surface area contributed by atoms with Crippen molar-refractivity contribution in [1.29, 1.82) is 0 Å². The van der Waals surface area contributed by atoms with Gasteiger partial charge < -0.3 is 14.4 Å². The minimum atomic E-state index is 0.0166. The highest BCUT2D eigenvalue weighted by molar-refractivity contribution is 6.14. The maximum Gasteiger partial charge on any atom is 0.196 e. The molecule has 1 saturated heterocycles. The Hall–Kier alpha value is -3.18. The van der Waals surface area contributed by atoms with E-state index in [0.29, 0.717) is 30.1 Å². The van der Waals surface area contributed by atoms with Crippen LogP contribution in [0.3, 0.4) is 0 Å². The van der Waals surface area contributed by atoms with Gasteiger partial charge in [-0.3, -0.25) is 4.79 Å². The van der Waals surface area contributed by atoms with Crippen molar-refractivity contribution in [1.82, 2.24) is 4.98 Å². The van der Waals surface area contributed by atoms with Gasteiger partial charge in [0.2, 0.25) is 0 Å². The highest BCUT2D eigenvalue weighted by Crippen LogP contribution is 2.31. The Labute approximate surface area is 163 Å². The summed E-state index contributed by atoms with van der Waals surface area (Å²) in [7, 11) is 0. The van der Waals surface area contributed by atoms with Gasteiger partial charge in [0.25, 0.3) is 0 Å². The number of hydrogen-bond donors (Lipinski definition) is 0. The summed E-state index contributed by atoms with van der Waals surface area (Å²) in [5.74, 6) is 1.55. The maximum absolute atomic E-state index is 13.0. The lowest BCUT2D eigenvalue weighted by Gasteiger charge is -2.29. The number of ketones is 1. The van der Waals surface area contributed by atoms with E-state index in [1.807, 2.05) is 54.6 Å². The van der Waals surface area contributed by atoms with Crippen molar-refractivity contribution in [2.45, 2.75) is 0 Å². The van der Waals surface area contributed by atoms with Crippen LogP contribution < -0.4 is 9.64 Å². The van der Waals surface area contributed by atoms with Gasteiger partial charge in [-0.15, -0.1) is 0 Å². The van der Waals surface area contributed by atoms with Crippen molar-refractivity contribution < 1.29 is 14.3 Å². The molecule has 140 valence electrons. The van der Waals surface area contributed by atoms with E-state index < -0.39 is 0 Å². The molecule has 2 aromatic carbocycles. The van der Waals surface area contributed by atoms with Crippen LogP contribution >= 0.6 is 0 Å². The second-order valence-corrected chi connectivity index (χ2v) is 6.98. The number of morpholine rings is 1. The molecule has 1 aromatic heterocycles. The predicted octanol–water partition coefficient (Wildman–Crippen LogP) is 3.73. The Bertz CT molecular complexity index is 1080. The third-order valence-electron chi connectivity index (χ3n) is 5.18. The summed E-state index contributed by atoms with van der Waals surface area (Å²) in [5.41, 5.74) is 3.14. The molecule has 0 saturated carbocycles. The van der Waals surface area contributed by atoms with Crippen LogP contribution in [0.25, 0.3) is 17.0 Å². The van der Waals surface area contributed by atoms with Crippen LogP contribution in [0.5, 0.6) is 5.75 Å². The van der Waals surface area contributed by atoms with E-state index in [-0.39, 0.29) is 12.4 Å². The van der Waals surface area contributed by atoms with Crippen LogP contribution in [0.2, 0.25) is 0 Å². The molecule has 0 spiro atoms. The summed E-state index contributed by atoms with van der Waals surface area (Å²) in [6.07, 6.45) is 1.93. The number of carbonyl (C=O) groups excluding carboxylic acids is 1. The van der Waals surface area contributed by atoms with Crippen molar-refractivity contribution in [3.05, 3.63) is 71.3 Å². The third kappa shape index (κ3) is 3.04. The number of aromatic nitrogens is 1. The molecular formula is C23H20N2O3. The summed E-state index contributed by atoms with van der Waals surface area (Å²) in [6.45, 7) is 3.20. The maximum atomic E-state index is 13.0. The molecule has 5 heteroatoms. The molecule has 0 radical (unpaired) electrons. The summed E-state index contributed by atoms with van der Waals surface area (Å²) in [4.78, 5) is 20.1. The molecule has 0 aliphatic carbocycles.